The van der Waals surface area contributed by atoms with Gasteiger partial charge in [-0.25, -0.2) is 4.79 Å². The third-order valence-electron chi connectivity index (χ3n) is 3.49. The molecule has 0 radical (unpaired) electrons. The van der Waals surface area contributed by atoms with Gasteiger partial charge in [0.1, 0.15) is 11.8 Å². The normalized spacial score (nSPS) is 19.6. The number of carbonyl (C=O) groups is 2. The largest absolute Gasteiger partial charge is 0.493 e. The van der Waals surface area contributed by atoms with E-state index >= 15 is 0 Å². The topological polar surface area (TPSA) is 66.8 Å². The Hall–Kier alpha value is -2.04. The average Bonchev–Trinajstić information content (AvgIpc) is 2.94. The molecule has 1 aliphatic heterocycles. The van der Waals surface area contributed by atoms with E-state index in [1.54, 1.807) is 6.92 Å². The van der Waals surface area contributed by atoms with E-state index in [9.17, 15) is 9.59 Å². The molecule has 1 heterocycles. The smallest absolute Gasteiger partial charge is 0.326 e. The van der Waals surface area contributed by atoms with Gasteiger partial charge in [0.25, 0.3) is 0 Å². The maximum Gasteiger partial charge on any atom is 0.326 e. The van der Waals surface area contributed by atoms with Crippen molar-refractivity contribution in [2.45, 2.75) is 25.8 Å². The lowest BCUT2D eigenvalue weighted by Crippen LogP contribution is -2.44. The minimum absolute atomic E-state index is 0.147. The van der Waals surface area contributed by atoms with Crippen molar-refractivity contribution in [3.63, 3.8) is 0 Å². The number of carboxylic acid groups (broad SMARTS) is 1. The summed E-state index contributed by atoms with van der Waals surface area (Å²) in [6, 6.07) is 8.59. The Labute approximate surface area is 118 Å². The van der Waals surface area contributed by atoms with Gasteiger partial charge >= 0.3 is 5.97 Å². The summed E-state index contributed by atoms with van der Waals surface area (Å²) in [5, 5.41) is 9.10. The van der Waals surface area contributed by atoms with Crippen LogP contribution in [0.4, 0.5) is 0 Å². The van der Waals surface area contributed by atoms with Gasteiger partial charge in [-0.3, -0.25) is 4.79 Å². The molecule has 0 spiro atoms. The summed E-state index contributed by atoms with van der Waals surface area (Å²) in [4.78, 5) is 24.8. The van der Waals surface area contributed by atoms with Crippen molar-refractivity contribution in [3.8, 4) is 5.75 Å². The molecule has 0 unspecified atom stereocenters. The number of aliphatic carboxylic acids is 1. The van der Waals surface area contributed by atoms with Crippen LogP contribution in [0.2, 0.25) is 0 Å². The van der Waals surface area contributed by atoms with Gasteiger partial charge in [0.15, 0.2) is 0 Å². The molecule has 0 aliphatic carbocycles. The number of ether oxygens (including phenoxy) is 1. The molecule has 2 rings (SSSR count). The number of likely N-dealkylation sites (tertiary alicyclic amines) is 1. The summed E-state index contributed by atoms with van der Waals surface area (Å²) >= 11 is 0. The first kappa shape index (κ1) is 14.4. The van der Waals surface area contributed by atoms with E-state index in [1.165, 1.54) is 4.90 Å². The molecule has 5 heteroatoms. The monoisotopic (exact) mass is 277 g/mol. The van der Waals surface area contributed by atoms with Crippen molar-refractivity contribution in [1.82, 2.24) is 4.90 Å². The second-order valence-electron chi connectivity index (χ2n) is 5.05. The zero-order valence-corrected chi connectivity index (χ0v) is 11.5. The average molecular weight is 277 g/mol. The first-order valence-electron chi connectivity index (χ1n) is 6.80. The summed E-state index contributed by atoms with van der Waals surface area (Å²) < 4.78 is 5.55. The second-order valence-corrected chi connectivity index (χ2v) is 5.05. The Morgan fingerprint density at radius 1 is 1.40 bits per heavy atom. The molecule has 2 atom stereocenters. The third-order valence-corrected chi connectivity index (χ3v) is 3.49. The fourth-order valence-corrected chi connectivity index (χ4v) is 2.38. The molecular weight excluding hydrogens is 258 g/mol. The molecule has 20 heavy (non-hydrogen) atoms. The van der Waals surface area contributed by atoms with Crippen LogP contribution in [-0.4, -0.2) is 41.1 Å². The van der Waals surface area contributed by atoms with Crippen LogP contribution in [0.3, 0.4) is 0 Å². The van der Waals surface area contributed by atoms with E-state index in [4.69, 9.17) is 9.84 Å². The van der Waals surface area contributed by atoms with Crippen molar-refractivity contribution in [2.24, 2.45) is 5.92 Å². The van der Waals surface area contributed by atoms with Gasteiger partial charge < -0.3 is 14.7 Å². The van der Waals surface area contributed by atoms with Crippen LogP contribution in [-0.2, 0) is 9.59 Å². The highest BCUT2D eigenvalue weighted by atomic mass is 16.5. The van der Waals surface area contributed by atoms with Crippen LogP contribution in [0.25, 0.3) is 0 Å². The SMILES string of the molecule is C[C@H](COc1ccccc1)C(=O)N1CCC[C@H]1C(=O)O. The number of carbonyl (C=O) groups excluding carboxylic acids is 1. The summed E-state index contributed by atoms with van der Waals surface area (Å²) in [7, 11) is 0. The van der Waals surface area contributed by atoms with Gasteiger partial charge in [0, 0.05) is 6.54 Å². The van der Waals surface area contributed by atoms with Crippen LogP contribution in [0.1, 0.15) is 19.8 Å². The number of nitrogens with zero attached hydrogens (tertiary/aromatic N) is 1. The van der Waals surface area contributed by atoms with Crippen molar-refractivity contribution in [2.75, 3.05) is 13.2 Å². The highest BCUT2D eigenvalue weighted by molar-refractivity contribution is 5.85. The molecule has 0 aromatic heterocycles. The van der Waals surface area contributed by atoms with Crippen molar-refractivity contribution in [1.29, 1.82) is 0 Å². The fourth-order valence-electron chi connectivity index (χ4n) is 2.38. The maximum atomic E-state index is 12.3. The zero-order chi connectivity index (χ0) is 14.5. The van der Waals surface area contributed by atoms with Gasteiger partial charge in [-0.15, -0.1) is 0 Å². The highest BCUT2D eigenvalue weighted by Gasteiger charge is 2.35. The highest BCUT2D eigenvalue weighted by Crippen LogP contribution is 2.20. The first-order valence-corrected chi connectivity index (χ1v) is 6.80. The van der Waals surface area contributed by atoms with Crippen molar-refractivity contribution in [3.05, 3.63) is 30.3 Å². The second kappa shape index (κ2) is 6.41. The molecular formula is C15H19NO4. The quantitative estimate of drug-likeness (QED) is 0.890. The van der Waals surface area contributed by atoms with Crippen molar-refractivity contribution >= 4 is 11.9 Å². The molecule has 108 valence electrons. The molecule has 0 bridgehead atoms. The molecule has 1 aliphatic rings. The number of benzene rings is 1. The van der Waals surface area contributed by atoms with Gasteiger partial charge in [-0.1, -0.05) is 25.1 Å². The Morgan fingerprint density at radius 2 is 2.10 bits per heavy atom. The molecule has 1 N–H and O–H groups in total. The van der Waals surface area contributed by atoms with Crippen LogP contribution in [0, 0.1) is 5.92 Å². The molecule has 1 saturated heterocycles. The summed E-state index contributed by atoms with van der Waals surface area (Å²) in [5.74, 6) is -0.712. The van der Waals surface area contributed by atoms with Gasteiger partial charge in [0.05, 0.1) is 12.5 Å². The lowest BCUT2D eigenvalue weighted by molar-refractivity contribution is -0.150. The summed E-state index contributed by atoms with van der Waals surface area (Å²) in [6.45, 7) is 2.54. The predicted octanol–water partition coefficient (Wildman–Crippen LogP) is 1.78. The lowest BCUT2D eigenvalue weighted by Gasteiger charge is -2.24. The van der Waals surface area contributed by atoms with E-state index in [0.717, 1.165) is 6.42 Å². The van der Waals surface area contributed by atoms with E-state index in [0.29, 0.717) is 18.7 Å². The fraction of sp³-hybridized carbons (Fsp3) is 0.467. The van der Waals surface area contributed by atoms with Gasteiger partial charge in [-0.2, -0.15) is 0 Å². The van der Waals surface area contributed by atoms with Crippen LogP contribution >= 0.6 is 0 Å². The summed E-state index contributed by atoms with van der Waals surface area (Å²) in [6.07, 6.45) is 1.28. The maximum absolute atomic E-state index is 12.3. The Bertz CT molecular complexity index is 474. The number of hydrogen-bond donors (Lipinski definition) is 1. The third kappa shape index (κ3) is 3.29. The molecule has 5 nitrogen and oxygen atoms in total. The van der Waals surface area contributed by atoms with E-state index < -0.39 is 12.0 Å². The molecule has 0 saturated carbocycles. The molecule has 1 amide bonds. The minimum atomic E-state index is -0.924. The minimum Gasteiger partial charge on any atom is -0.493 e. The lowest BCUT2D eigenvalue weighted by atomic mass is 10.1. The zero-order valence-electron chi connectivity index (χ0n) is 11.5. The standard InChI is InChI=1S/C15H19NO4/c1-11(10-20-12-6-3-2-4-7-12)14(17)16-9-5-8-13(16)15(18)19/h2-4,6-7,11,13H,5,8-10H2,1H3,(H,18,19)/t11-,13+/m1/s1. The van der Waals surface area contributed by atoms with E-state index in [1.807, 2.05) is 30.3 Å². The molecule has 1 aromatic carbocycles. The number of amides is 1. The number of rotatable bonds is 5. The van der Waals surface area contributed by atoms with Gasteiger partial charge in [-0.05, 0) is 25.0 Å². The summed E-state index contributed by atoms with van der Waals surface area (Å²) in [5.41, 5.74) is 0. The molecule has 1 fully saturated rings. The Kier molecular flexibility index (Phi) is 4.61. The van der Waals surface area contributed by atoms with E-state index in [-0.39, 0.29) is 18.4 Å². The van der Waals surface area contributed by atoms with Crippen LogP contribution in [0.15, 0.2) is 30.3 Å². The van der Waals surface area contributed by atoms with E-state index in [2.05, 4.69) is 0 Å². The molecule has 1 aromatic rings. The number of para-hydroxylation sites is 1. The predicted molar refractivity (Wildman–Crippen MR) is 73.5 cm³/mol. The Balaban J connectivity index is 1.90. The Morgan fingerprint density at radius 3 is 2.75 bits per heavy atom. The van der Waals surface area contributed by atoms with Crippen LogP contribution in [0.5, 0.6) is 5.75 Å². The number of hydrogen-bond acceptors (Lipinski definition) is 3. The first-order chi connectivity index (χ1) is 9.59. The van der Waals surface area contributed by atoms with Gasteiger partial charge in [0.2, 0.25) is 5.91 Å². The number of carboxylic acids is 1. The van der Waals surface area contributed by atoms with Crippen molar-refractivity contribution < 1.29 is 19.4 Å². The van der Waals surface area contributed by atoms with Crippen LogP contribution < -0.4 is 4.74 Å².